The predicted octanol–water partition coefficient (Wildman–Crippen LogP) is 2.01. The first kappa shape index (κ1) is 12.3. The van der Waals surface area contributed by atoms with Crippen molar-refractivity contribution in [3.8, 4) is 0 Å². The highest BCUT2D eigenvalue weighted by Gasteiger charge is 2.33. The van der Waals surface area contributed by atoms with Gasteiger partial charge in [-0.2, -0.15) is 0 Å². The molecule has 1 rings (SSSR count). The highest BCUT2D eigenvalue weighted by molar-refractivity contribution is 8.13. The third kappa shape index (κ3) is 5.17. The zero-order valence-electron chi connectivity index (χ0n) is 8.41. The number of hydrogen-bond acceptors (Lipinski definition) is 3. The van der Waals surface area contributed by atoms with E-state index in [0.29, 0.717) is 19.1 Å². The van der Waals surface area contributed by atoms with E-state index < -0.39 is 9.05 Å². The number of hydrogen-bond donors (Lipinski definition) is 0. The van der Waals surface area contributed by atoms with Gasteiger partial charge in [0.05, 0.1) is 12.4 Å². The van der Waals surface area contributed by atoms with E-state index in [1.54, 1.807) is 0 Å². The van der Waals surface area contributed by atoms with E-state index in [9.17, 15) is 8.42 Å². The molecule has 0 heterocycles. The molecular weight excluding hydrogens is 224 g/mol. The second-order valence-corrected chi connectivity index (χ2v) is 6.70. The molecule has 0 N–H and O–H groups in total. The molecule has 1 aliphatic carbocycles. The molecule has 0 saturated heterocycles. The fourth-order valence-corrected chi connectivity index (χ4v) is 2.89. The lowest BCUT2D eigenvalue weighted by molar-refractivity contribution is 0.0995. The largest absolute Gasteiger partial charge is 0.381 e. The molecule has 0 radical (unpaired) electrons. The van der Waals surface area contributed by atoms with Gasteiger partial charge in [0.1, 0.15) is 0 Å². The second kappa shape index (κ2) is 5.33. The molecule has 0 aromatic heterocycles. The lowest BCUT2D eigenvalue weighted by atomic mass is 10.1. The summed E-state index contributed by atoms with van der Waals surface area (Å²) in [5.41, 5.74) is 0. The van der Waals surface area contributed by atoms with Crippen molar-refractivity contribution in [2.45, 2.75) is 26.2 Å². The van der Waals surface area contributed by atoms with Crippen LogP contribution in [-0.2, 0) is 13.8 Å². The van der Waals surface area contributed by atoms with E-state index in [1.807, 2.05) is 6.92 Å². The average molecular weight is 241 g/mol. The van der Waals surface area contributed by atoms with Gasteiger partial charge in [0, 0.05) is 23.2 Å². The van der Waals surface area contributed by atoms with Crippen LogP contribution in [0.3, 0.4) is 0 Å². The molecule has 3 nitrogen and oxygen atoms in total. The van der Waals surface area contributed by atoms with Crippen LogP contribution in [0, 0.1) is 11.8 Å². The van der Waals surface area contributed by atoms with Crippen LogP contribution in [0.15, 0.2) is 0 Å². The van der Waals surface area contributed by atoms with E-state index in [2.05, 4.69) is 0 Å². The first-order chi connectivity index (χ1) is 6.53. The summed E-state index contributed by atoms with van der Waals surface area (Å²) in [7, 11) is 1.86. The first-order valence-corrected chi connectivity index (χ1v) is 7.51. The van der Waals surface area contributed by atoms with Gasteiger partial charge in [-0.25, -0.2) is 8.42 Å². The van der Waals surface area contributed by atoms with Crippen molar-refractivity contribution in [2.24, 2.45) is 11.8 Å². The molecule has 1 fully saturated rings. The van der Waals surface area contributed by atoms with Gasteiger partial charge in [-0.3, -0.25) is 0 Å². The Hall–Kier alpha value is 0.200. The predicted molar refractivity (Wildman–Crippen MR) is 57.0 cm³/mol. The van der Waals surface area contributed by atoms with Gasteiger partial charge in [-0.1, -0.05) is 6.92 Å². The molecule has 0 amide bonds. The third-order valence-electron chi connectivity index (χ3n) is 2.38. The standard InChI is InChI=1S/C9H17ClO3S/c1-2-5-13-6-9(8-3-4-8)7-14(10,11)12/h8-9H,2-7H2,1H3. The molecule has 0 bridgehead atoms. The fraction of sp³-hybridized carbons (Fsp3) is 1.00. The first-order valence-electron chi connectivity index (χ1n) is 5.03. The molecule has 84 valence electrons. The Morgan fingerprint density at radius 3 is 2.57 bits per heavy atom. The SMILES string of the molecule is CCCOCC(CS(=O)(=O)Cl)C1CC1. The minimum atomic E-state index is -3.37. The lowest BCUT2D eigenvalue weighted by Crippen LogP contribution is -2.20. The van der Waals surface area contributed by atoms with Crippen LogP contribution in [-0.4, -0.2) is 27.4 Å². The van der Waals surface area contributed by atoms with Gasteiger partial charge in [0.2, 0.25) is 9.05 Å². The molecule has 0 spiro atoms. The summed E-state index contributed by atoms with van der Waals surface area (Å²) in [6.45, 7) is 3.26. The molecule has 1 aliphatic rings. The molecule has 1 atom stereocenters. The summed E-state index contributed by atoms with van der Waals surface area (Å²) in [5.74, 6) is 0.674. The van der Waals surface area contributed by atoms with Gasteiger partial charge in [0.15, 0.2) is 0 Å². The molecule has 14 heavy (non-hydrogen) atoms. The summed E-state index contributed by atoms with van der Waals surface area (Å²) < 4.78 is 27.2. The van der Waals surface area contributed by atoms with Crippen molar-refractivity contribution in [3.05, 3.63) is 0 Å². The monoisotopic (exact) mass is 240 g/mol. The Balaban J connectivity index is 2.32. The van der Waals surface area contributed by atoms with Gasteiger partial charge < -0.3 is 4.74 Å². The summed E-state index contributed by atoms with van der Waals surface area (Å²) in [6, 6.07) is 0. The van der Waals surface area contributed by atoms with Gasteiger partial charge in [-0.05, 0) is 25.2 Å². The van der Waals surface area contributed by atoms with E-state index in [4.69, 9.17) is 15.4 Å². The summed E-state index contributed by atoms with van der Waals surface area (Å²) >= 11 is 0. The van der Waals surface area contributed by atoms with Crippen LogP contribution in [0.1, 0.15) is 26.2 Å². The third-order valence-corrected chi connectivity index (χ3v) is 3.59. The minimum Gasteiger partial charge on any atom is -0.381 e. The zero-order chi connectivity index (χ0) is 10.6. The van der Waals surface area contributed by atoms with Gasteiger partial charge in [0.25, 0.3) is 0 Å². The van der Waals surface area contributed by atoms with Crippen LogP contribution in [0.4, 0.5) is 0 Å². The second-order valence-electron chi connectivity index (χ2n) is 3.88. The Morgan fingerprint density at radius 2 is 2.14 bits per heavy atom. The Labute approximate surface area is 90.2 Å². The fourth-order valence-electron chi connectivity index (χ4n) is 1.52. The average Bonchev–Trinajstić information content (AvgIpc) is 2.83. The van der Waals surface area contributed by atoms with Gasteiger partial charge >= 0.3 is 0 Å². The van der Waals surface area contributed by atoms with Crippen molar-refractivity contribution >= 4 is 19.7 Å². The highest BCUT2D eigenvalue weighted by atomic mass is 35.7. The van der Waals surface area contributed by atoms with Crippen LogP contribution in [0.5, 0.6) is 0 Å². The maximum atomic E-state index is 10.9. The quantitative estimate of drug-likeness (QED) is 0.505. The van der Waals surface area contributed by atoms with Crippen molar-refractivity contribution < 1.29 is 13.2 Å². The Morgan fingerprint density at radius 1 is 1.50 bits per heavy atom. The van der Waals surface area contributed by atoms with Crippen molar-refractivity contribution in [3.63, 3.8) is 0 Å². The van der Waals surface area contributed by atoms with Crippen LogP contribution in [0.2, 0.25) is 0 Å². The van der Waals surface area contributed by atoms with Gasteiger partial charge in [-0.15, -0.1) is 0 Å². The topological polar surface area (TPSA) is 43.4 Å². The number of halogens is 1. The van der Waals surface area contributed by atoms with Crippen LogP contribution < -0.4 is 0 Å². The van der Waals surface area contributed by atoms with Crippen LogP contribution >= 0.6 is 10.7 Å². The smallest absolute Gasteiger partial charge is 0.232 e. The molecule has 1 unspecified atom stereocenters. The molecule has 0 aliphatic heterocycles. The molecule has 5 heteroatoms. The van der Waals surface area contributed by atoms with E-state index >= 15 is 0 Å². The summed E-state index contributed by atoms with van der Waals surface area (Å²) in [4.78, 5) is 0. The highest BCUT2D eigenvalue weighted by Crippen LogP contribution is 2.38. The van der Waals surface area contributed by atoms with E-state index in [1.165, 1.54) is 0 Å². The number of ether oxygens (including phenoxy) is 1. The Kier molecular flexibility index (Phi) is 4.67. The van der Waals surface area contributed by atoms with Crippen molar-refractivity contribution in [1.82, 2.24) is 0 Å². The zero-order valence-corrected chi connectivity index (χ0v) is 9.98. The molecule has 0 aromatic rings. The van der Waals surface area contributed by atoms with Crippen LogP contribution in [0.25, 0.3) is 0 Å². The number of rotatable bonds is 7. The molecule has 0 aromatic carbocycles. The van der Waals surface area contributed by atoms with Crippen molar-refractivity contribution in [2.75, 3.05) is 19.0 Å². The van der Waals surface area contributed by atoms with Crippen molar-refractivity contribution in [1.29, 1.82) is 0 Å². The minimum absolute atomic E-state index is 0.0585. The maximum absolute atomic E-state index is 10.9. The van der Waals surface area contributed by atoms with E-state index in [-0.39, 0.29) is 11.7 Å². The summed E-state index contributed by atoms with van der Waals surface area (Å²) in [6.07, 6.45) is 3.20. The Bertz CT molecular complexity index is 259. The lowest BCUT2D eigenvalue weighted by Gasteiger charge is -2.14. The molecular formula is C9H17ClO3S. The van der Waals surface area contributed by atoms with E-state index in [0.717, 1.165) is 19.3 Å². The summed E-state index contributed by atoms with van der Waals surface area (Å²) in [5, 5.41) is 0. The maximum Gasteiger partial charge on any atom is 0.232 e. The normalized spacial score (nSPS) is 19.6. The molecule has 1 saturated carbocycles.